The summed E-state index contributed by atoms with van der Waals surface area (Å²) in [5, 5.41) is 0. The van der Waals surface area contributed by atoms with E-state index < -0.39 is 6.36 Å². The highest BCUT2D eigenvalue weighted by Gasteiger charge is 2.30. The number of ether oxygens (including phenoxy) is 1. The Morgan fingerprint density at radius 1 is 1.47 bits per heavy atom. The van der Waals surface area contributed by atoms with Crippen LogP contribution in [-0.4, -0.2) is 17.5 Å². The number of rotatable bonds is 5. The highest BCUT2D eigenvalue weighted by molar-refractivity contribution is 5.17. The van der Waals surface area contributed by atoms with Crippen molar-refractivity contribution in [1.82, 2.24) is 4.57 Å². The average molecular weight is 248 g/mol. The lowest BCUT2D eigenvalue weighted by Gasteiger charge is -2.09. The van der Waals surface area contributed by atoms with E-state index in [0.29, 0.717) is 5.92 Å². The van der Waals surface area contributed by atoms with Gasteiger partial charge in [0.25, 0.3) is 0 Å². The third-order valence-electron chi connectivity index (χ3n) is 2.90. The molecule has 1 aromatic heterocycles. The van der Waals surface area contributed by atoms with Gasteiger partial charge >= 0.3 is 6.36 Å². The summed E-state index contributed by atoms with van der Waals surface area (Å²) in [4.78, 5) is 0. The van der Waals surface area contributed by atoms with Gasteiger partial charge in [-0.15, -0.1) is 13.2 Å². The molecule has 0 aromatic carbocycles. The average Bonchev–Trinajstić information content (AvgIpc) is 2.96. The van der Waals surface area contributed by atoms with E-state index >= 15 is 0 Å². The first-order valence-corrected chi connectivity index (χ1v) is 5.57. The molecule has 1 saturated carbocycles. The lowest BCUT2D eigenvalue weighted by atomic mass is 10.1. The Bertz CT molecular complexity index is 371. The van der Waals surface area contributed by atoms with Gasteiger partial charge in [0.1, 0.15) is 0 Å². The Morgan fingerprint density at radius 3 is 2.76 bits per heavy atom. The van der Waals surface area contributed by atoms with Crippen molar-refractivity contribution in [2.75, 3.05) is 6.61 Å². The van der Waals surface area contributed by atoms with Crippen LogP contribution in [0.3, 0.4) is 0 Å². The zero-order chi connectivity index (χ0) is 12.5. The van der Waals surface area contributed by atoms with Gasteiger partial charge in [0, 0.05) is 25.0 Å². The van der Waals surface area contributed by atoms with Gasteiger partial charge in [-0.25, -0.2) is 0 Å². The summed E-state index contributed by atoms with van der Waals surface area (Å²) in [6, 6.07) is 1.87. The minimum Gasteiger partial charge on any atom is -0.352 e. The number of alkyl halides is 3. The number of nitrogens with zero attached hydrogens (tertiary/aromatic N) is 1. The summed E-state index contributed by atoms with van der Waals surface area (Å²) < 4.78 is 40.6. The summed E-state index contributed by atoms with van der Waals surface area (Å²) in [6.07, 6.45) is 1.26. The topological polar surface area (TPSA) is 40.2 Å². The van der Waals surface area contributed by atoms with E-state index in [1.165, 1.54) is 0 Å². The van der Waals surface area contributed by atoms with Gasteiger partial charge in [0.15, 0.2) is 0 Å². The molecule has 1 unspecified atom stereocenters. The highest BCUT2D eigenvalue weighted by atomic mass is 19.4. The largest absolute Gasteiger partial charge is 0.522 e. The van der Waals surface area contributed by atoms with Crippen LogP contribution < -0.4 is 5.73 Å². The maximum Gasteiger partial charge on any atom is 0.522 e. The Labute approximate surface area is 97.3 Å². The first-order valence-electron chi connectivity index (χ1n) is 5.57. The number of hydrogen-bond acceptors (Lipinski definition) is 2. The van der Waals surface area contributed by atoms with Crippen LogP contribution in [0.2, 0.25) is 0 Å². The van der Waals surface area contributed by atoms with Gasteiger partial charge in [-0.1, -0.05) is 0 Å². The first-order chi connectivity index (χ1) is 7.96. The molecule has 0 radical (unpaired) electrons. The molecule has 1 fully saturated rings. The molecule has 2 N–H and O–H groups in total. The van der Waals surface area contributed by atoms with Crippen molar-refractivity contribution in [3.8, 4) is 0 Å². The van der Waals surface area contributed by atoms with Gasteiger partial charge in [-0.2, -0.15) is 0 Å². The van der Waals surface area contributed by atoms with Crippen molar-refractivity contribution in [3.63, 3.8) is 0 Å². The van der Waals surface area contributed by atoms with Gasteiger partial charge in [0.05, 0.1) is 6.61 Å². The summed E-state index contributed by atoms with van der Waals surface area (Å²) in [7, 11) is 0. The first kappa shape index (κ1) is 12.4. The molecule has 2 rings (SSSR count). The minimum atomic E-state index is -4.56. The predicted octanol–water partition coefficient (Wildman–Crippen LogP) is 2.43. The maximum atomic E-state index is 11.8. The summed E-state index contributed by atoms with van der Waals surface area (Å²) in [6.45, 7) is -0.201. The van der Waals surface area contributed by atoms with Crippen molar-refractivity contribution in [1.29, 1.82) is 0 Å². The molecule has 0 amide bonds. The SMILES string of the molecule is NC(c1ccn(CCOC(F)(F)F)c1)C1CC1. The Kier molecular flexibility index (Phi) is 3.44. The lowest BCUT2D eigenvalue weighted by Crippen LogP contribution is -2.17. The third-order valence-corrected chi connectivity index (χ3v) is 2.90. The summed E-state index contributed by atoms with van der Waals surface area (Å²) in [5.74, 6) is 0.539. The maximum absolute atomic E-state index is 11.8. The molecule has 1 aliphatic rings. The van der Waals surface area contributed by atoms with Gasteiger partial charge in [-0.3, -0.25) is 4.74 Å². The normalized spacial score (nSPS) is 18.4. The molecule has 0 spiro atoms. The van der Waals surface area contributed by atoms with Crippen LogP contribution >= 0.6 is 0 Å². The van der Waals surface area contributed by atoms with Crippen LogP contribution in [0, 0.1) is 5.92 Å². The Morgan fingerprint density at radius 2 is 2.18 bits per heavy atom. The Hall–Kier alpha value is -1.01. The van der Waals surface area contributed by atoms with Crippen molar-refractivity contribution in [3.05, 3.63) is 24.0 Å². The molecule has 96 valence electrons. The van der Waals surface area contributed by atoms with Crippen molar-refractivity contribution >= 4 is 0 Å². The molecule has 1 aliphatic carbocycles. The lowest BCUT2D eigenvalue weighted by molar-refractivity contribution is -0.325. The Balaban J connectivity index is 1.81. The van der Waals surface area contributed by atoms with E-state index in [4.69, 9.17) is 5.73 Å². The fourth-order valence-electron chi connectivity index (χ4n) is 1.79. The van der Waals surface area contributed by atoms with Gasteiger partial charge < -0.3 is 10.3 Å². The molecule has 1 heterocycles. The van der Waals surface area contributed by atoms with E-state index in [1.807, 2.05) is 6.07 Å². The van der Waals surface area contributed by atoms with Crippen molar-refractivity contribution in [2.24, 2.45) is 11.7 Å². The van der Waals surface area contributed by atoms with Crippen LogP contribution in [0.4, 0.5) is 13.2 Å². The quantitative estimate of drug-likeness (QED) is 0.869. The molecule has 0 bridgehead atoms. The van der Waals surface area contributed by atoms with E-state index in [9.17, 15) is 13.2 Å². The molecule has 0 aliphatic heterocycles. The monoisotopic (exact) mass is 248 g/mol. The van der Waals surface area contributed by atoms with Crippen LogP contribution in [-0.2, 0) is 11.3 Å². The van der Waals surface area contributed by atoms with Crippen LogP contribution in [0.25, 0.3) is 0 Å². The molecule has 1 atom stereocenters. The second-order valence-corrected chi connectivity index (χ2v) is 4.34. The predicted molar refractivity (Wildman–Crippen MR) is 56.1 cm³/mol. The summed E-state index contributed by atoms with van der Waals surface area (Å²) in [5.41, 5.74) is 6.97. The van der Waals surface area contributed by atoms with Crippen LogP contribution in [0.1, 0.15) is 24.4 Å². The zero-order valence-corrected chi connectivity index (χ0v) is 9.28. The highest BCUT2D eigenvalue weighted by Crippen LogP contribution is 2.39. The fourth-order valence-corrected chi connectivity index (χ4v) is 1.79. The molecule has 3 nitrogen and oxygen atoms in total. The molecule has 6 heteroatoms. The second-order valence-electron chi connectivity index (χ2n) is 4.34. The molecule has 17 heavy (non-hydrogen) atoms. The summed E-state index contributed by atoms with van der Waals surface area (Å²) >= 11 is 0. The molecular formula is C11H15F3N2O. The second kappa shape index (κ2) is 4.70. The number of nitrogens with two attached hydrogens (primary N) is 1. The van der Waals surface area contributed by atoms with E-state index in [-0.39, 0.29) is 19.2 Å². The molecular weight excluding hydrogens is 233 g/mol. The fraction of sp³-hybridized carbons (Fsp3) is 0.636. The minimum absolute atomic E-state index is 0.0137. The van der Waals surface area contributed by atoms with Gasteiger partial charge in [0.2, 0.25) is 0 Å². The number of halogens is 3. The van der Waals surface area contributed by atoms with Crippen LogP contribution in [0.5, 0.6) is 0 Å². The molecule has 0 saturated heterocycles. The number of hydrogen-bond donors (Lipinski definition) is 1. The molecule has 1 aromatic rings. The van der Waals surface area contributed by atoms with Crippen molar-refractivity contribution in [2.45, 2.75) is 31.8 Å². The zero-order valence-electron chi connectivity index (χ0n) is 9.28. The van der Waals surface area contributed by atoms with Crippen LogP contribution in [0.15, 0.2) is 18.5 Å². The standard InChI is InChI=1S/C11H15F3N2O/c12-11(13,14)17-6-5-16-4-3-9(7-16)10(15)8-1-2-8/h3-4,7-8,10H,1-2,5-6,15H2. The third kappa shape index (κ3) is 3.74. The van der Waals surface area contributed by atoms with E-state index in [0.717, 1.165) is 18.4 Å². The smallest absolute Gasteiger partial charge is 0.352 e. The van der Waals surface area contributed by atoms with E-state index in [2.05, 4.69) is 4.74 Å². The van der Waals surface area contributed by atoms with Crippen molar-refractivity contribution < 1.29 is 17.9 Å². The number of aromatic nitrogens is 1. The van der Waals surface area contributed by atoms with Gasteiger partial charge in [-0.05, 0) is 30.4 Å². The van der Waals surface area contributed by atoms with E-state index in [1.54, 1.807) is 17.0 Å².